The molecule has 1 aromatic carbocycles. The molecule has 4 rings (SSSR count). The monoisotopic (exact) mass is 451 g/mol. The van der Waals surface area contributed by atoms with Crippen LogP contribution in [-0.2, 0) is 4.74 Å². The van der Waals surface area contributed by atoms with E-state index < -0.39 is 0 Å². The fourth-order valence-corrected chi connectivity index (χ4v) is 4.20. The summed E-state index contributed by atoms with van der Waals surface area (Å²) in [6, 6.07) is 3.54. The Morgan fingerprint density at radius 1 is 1.09 bits per heavy atom. The van der Waals surface area contributed by atoms with Crippen molar-refractivity contribution >= 4 is 5.70 Å². The molecule has 2 aromatic rings. The highest BCUT2D eigenvalue weighted by molar-refractivity contribution is 5.73. The van der Waals surface area contributed by atoms with Crippen LogP contribution in [0.5, 0.6) is 17.5 Å². The zero-order valence-electron chi connectivity index (χ0n) is 19.5. The Morgan fingerprint density at radius 3 is 2.64 bits per heavy atom. The first-order valence-electron chi connectivity index (χ1n) is 11.8. The molecule has 1 aliphatic heterocycles. The first-order chi connectivity index (χ1) is 15.9. The van der Waals surface area contributed by atoms with E-state index in [-0.39, 0.29) is 23.5 Å². The maximum absolute atomic E-state index is 10.7. The second-order valence-electron chi connectivity index (χ2n) is 9.02. The molecule has 0 saturated carbocycles. The molecule has 1 aliphatic carbocycles. The van der Waals surface area contributed by atoms with Crippen molar-refractivity contribution in [3.8, 4) is 28.9 Å². The lowest BCUT2D eigenvalue weighted by molar-refractivity contribution is 0.0210. The number of benzene rings is 1. The highest BCUT2D eigenvalue weighted by atomic mass is 16.5. The molecular weight excluding hydrogens is 418 g/mol. The van der Waals surface area contributed by atoms with Gasteiger partial charge in [-0.15, -0.1) is 5.10 Å². The molecule has 0 spiro atoms. The second kappa shape index (κ2) is 10.3. The van der Waals surface area contributed by atoms with Crippen molar-refractivity contribution in [3.63, 3.8) is 0 Å². The van der Waals surface area contributed by atoms with Gasteiger partial charge in [-0.2, -0.15) is 0 Å². The molecule has 0 bridgehead atoms. The highest BCUT2D eigenvalue weighted by Crippen LogP contribution is 2.39. The van der Waals surface area contributed by atoms with Crippen LogP contribution in [-0.4, -0.2) is 44.3 Å². The minimum absolute atomic E-state index is 0.00920. The van der Waals surface area contributed by atoms with E-state index in [0.717, 1.165) is 55.4 Å². The average Bonchev–Trinajstić information content (AvgIpc) is 3.22. The molecule has 176 valence electrons. The summed E-state index contributed by atoms with van der Waals surface area (Å²) < 4.78 is 13.6. The van der Waals surface area contributed by atoms with Crippen LogP contribution in [0.25, 0.3) is 17.1 Å². The van der Waals surface area contributed by atoms with Crippen molar-refractivity contribution < 1.29 is 19.7 Å². The van der Waals surface area contributed by atoms with Crippen molar-refractivity contribution in [2.75, 3.05) is 13.2 Å². The Morgan fingerprint density at radius 2 is 1.88 bits per heavy atom. The van der Waals surface area contributed by atoms with Gasteiger partial charge >= 0.3 is 6.01 Å². The Bertz CT molecular complexity index is 1060. The molecule has 1 aromatic heterocycles. The maximum Gasteiger partial charge on any atom is 0.322 e. The van der Waals surface area contributed by atoms with Crippen LogP contribution < -0.4 is 4.74 Å². The van der Waals surface area contributed by atoms with Crippen LogP contribution in [0.2, 0.25) is 0 Å². The minimum Gasteiger partial charge on any atom is -0.508 e. The van der Waals surface area contributed by atoms with Gasteiger partial charge in [0.15, 0.2) is 5.82 Å². The molecule has 2 heterocycles. The Labute approximate surface area is 195 Å². The lowest BCUT2D eigenvalue weighted by Crippen LogP contribution is -2.27. The molecule has 2 N–H and O–H groups in total. The van der Waals surface area contributed by atoms with Gasteiger partial charge in [0.05, 0.1) is 18.8 Å². The largest absolute Gasteiger partial charge is 0.508 e. The van der Waals surface area contributed by atoms with Crippen LogP contribution in [0.3, 0.4) is 0 Å². The summed E-state index contributed by atoms with van der Waals surface area (Å²) in [6.07, 6.45) is 11.8. The van der Waals surface area contributed by atoms with E-state index in [2.05, 4.69) is 22.9 Å². The summed E-state index contributed by atoms with van der Waals surface area (Å²) in [5.74, 6) is 0.553. The molecular formula is C26H33N3O4. The summed E-state index contributed by atoms with van der Waals surface area (Å²) in [6.45, 7) is 9.46. The number of allylic oxidation sites excluding steroid dienone is 5. The average molecular weight is 452 g/mol. The van der Waals surface area contributed by atoms with Crippen molar-refractivity contribution in [3.05, 3.63) is 48.1 Å². The Kier molecular flexibility index (Phi) is 7.18. The quantitative estimate of drug-likeness (QED) is 0.618. The molecule has 33 heavy (non-hydrogen) atoms. The lowest BCUT2D eigenvalue weighted by Gasteiger charge is -2.23. The number of phenols is 2. The summed E-state index contributed by atoms with van der Waals surface area (Å²) >= 11 is 0. The lowest BCUT2D eigenvalue weighted by atomic mass is 9.98. The molecule has 7 nitrogen and oxygen atoms in total. The Hall–Kier alpha value is -3.06. The van der Waals surface area contributed by atoms with Crippen LogP contribution in [0, 0.1) is 0 Å². The molecule has 1 fully saturated rings. The standard InChI is InChI=1S/C26H33N3O4/c1-17(2)21-15-22(24(31)16-23(21)30)25-27-28-26(33-20-11-13-32-14-12-20)29(25)19-8-6-4-5-7-18(3)9-10-19/h8-10,15-17,20,30-31H,3-7,11-14H2,1-2H3/b10-9-,19-8+. The summed E-state index contributed by atoms with van der Waals surface area (Å²) in [4.78, 5) is 0. The molecule has 0 atom stereocenters. The first-order valence-corrected chi connectivity index (χ1v) is 11.8. The van der Waals surface area contributed by atoms with Gasteiger partial charge in [0.2, 0.25) is 0 Å². The number of nitrogens with zero attached hydrogens (tertiary/aromatic N) is 3. The van der Waals surface area contributed by atoms with E-state index in [9.17, 15) is 10.2 Å². The van der Waals surface area contributed by atoms with E-state index in [0.29, 0.717) is 30.6 Å². The van der Waals surface area contributed by atoms with Gasteiger partial charge in [0.25, 0.3) is 0 Å². The van der Waals surface area contributed by atoms with Crippen molar-refractivity contribution in [2.24, 2.45) is 0 Å². The van der Waals surface area contributed by atoms with Crippen molar-refractivity contribution in [2.45, 2.75) is 64.4 Å². The zero-order valence-corrected chi connectivity index (χ0v) is 19.5. The van der Waals surface area contributed by atoms with Gasteiger partial charge in [-0.25, -0.2) is 4.57 Å². The third-order valence-electron chi connectivity index (χ3n) is 6.14. The number of phenolic OH excluding ortho intramolecular Hbond substituents is 2. The van der Waals surface area contributed by atoms with E-state index >= 15 is 0 Å². The predicted octanol–water partition coefficient (Wildman–Crippen LogP) is 5.56. The fraction of sp³-hybridized carbons (Fsp3) is 0.462. The summed E-state index contributed by atoms with van der Waals surface area (Å²) in [7, 11) is 0. The molecule has 0 amide bonds. The van der Waals surface area contributed by atoms with Crippen molar-refractivity contribution in [1.29, 1.82) is 0 Å². The fourth-order valence-electron chi connectivity index (χ4n) is 4.20. The molecule has 0 radical (unpaired) electrons. The van der Waals surface area contributed by atoms with Crippen LogP contribution in [0.4, 0.5) is 0 Å². The van der Waals surface area contributed by atoms with Gasteiger partial charge in [0.1, 0.15) is 17.6 Å². The van der Waals surface area contributed by atoms with E-state index in [1.165, 1.54) is 6.07 Å². The topological polar surface area (TPSA) is 89.6 Å². The van der Waals surface area contributed by atoms with Gasteiger partial charge in [-0.3, -0.25) is 0 Å². The van der Waals surface area contributed by atoms with E-state index in [4.69, 9.17) is 9.47 Å². The van der Waals surface area contributed by atoms with Gasteiger partial charge in [-0.05, 0) is 49.3 Å². The molecule has 1 saturated heterocycles. The molecule has 2 aliphatic rings. The molecule has 0 unspecified atom stereocenters. The number of ether oxygens (including phenoxy) is 2. The molecule has 7 heteroatoms. The predicted molar refractivity (Wildman–Crippen MR) is 128 cm³/mol. The first kappa shape index (κ1) is 23.1. The number of hydrogen-bond acceptors (Lipinski definition) is 6. The van der Waals surface area contributed by atoms with Gasteiger partial charge in [0, 0.05) is 24.6 Å². The van der Waals surface area contributed by atoms with E-state index in [1.807, 2.05) is 30.6 Å². The van der Waals surface area contributed by atoms with Crippen molar-refractivity contribution in [1.82, 2.24) is 14.8 Å². The smallest absolute Gasteiger partial charge is 0.322 e. The summed E-state index contributed by atoms with van der Waals surface area (Å²) in [5.41, 5.74) is 3.17. The third kappa shape index (κ3) is 5.30. The van der Waals surface area contributed by atoms with E-state index in [1.54, 1.807) is 6.07 Å². The third-order valence-corrected chi connectivity index (χ3v) is 6.14. The highest BCUT2D eigenvalue weighted by Gasteiger charge is 2.25. The normalized spacial score (nSPS) is 20.6. The number of aromatic hydroxyl groups is 2. The summed E-state index contributed by atoms with van der Waals surface area (Å²) in [5, 5.41) is 29.9. The Balaban J connectivity index is 1.84. The second-order valence-corrected chi connectivity index (χ2v) is 9.02. The number of aromatic nitrogens is 3. The van der Waals surface area contributed by atoms with Crippen LogP contribution in [0.15, 0.2) is 42.5 Å². The minimum atomic E-state index is -0.0553. The van der Waals surface area contributed by atoms with Gasteiger partial charge in [-0.1, -0.05) is 43.3 Å². The SMILES string of the molecule is C=C1/C=C\C(n2c(OC3CCOCC3)nnc2-c2cc(C(C)C)c(O)cc2O)=C/CCCC1. The van der Waals surface area contributed by atoms with Crippen LogP contribution >= 0.6 is 0 Å². The maximum atomic E-state index is 10.7. The number of rotatable bonds is 5. The van der Waals surface area contributed by atoms with Gasteiger partial charge < -0.3 is 19.7 Å². The number of hydrogen-bond donors (Lipinski definition) is 2. The van der Waals surface area contributed by atoms with Crippen LogP contribution in [0.1, 0.15) is 63.9 Å². The zero-order chi connectivity index (χ0) is 23.4.